The number of anilines is 1. The molecule has 0 saturated carbocycles. The van der Waals surface area contributed by atoms with Crippen molar-refractivity contribution in [2.24, 2.45) is 0 Å². The molecule has 1 aliphatic rings. The van der Waals surface area contributed by atoms with E-state index in [-0.39, 0.29) is 12.5 Å². The molecule has 0 fully saturated rings. The van der Waals surface area contributed by atoms with Crippen LogP contribution >= 0.6 is 0 Å². The van der Waals surface area contributed by atoms with Gasteiger partial charge in [0.15, 0.2) is 0 Å². The van der Waals surface area contributed by atoms with Gasteiger partial charge in [-0.2, -0.15) is 0 Å². The molecule has 17 heavy (non-hydrogen) atoms. The molecule has 1 unspecified atom stereocenters. The first-order valence-electron chi connectivity index (χ1n) is 5.37. The predicted octanol–water partition coefficient (Wildman–Crippen LogP) is 0.971. The summed E-state index contributed by atoms with van der Waals surface area (Å²) in [7, 11) is 0. The van der Waals surface area contributed by atoms with Gasteiger partial charge >= 0.3 is 5.97 Å². The summed E-state index contributed by atoms with van der Waals surface area (Å²) in [5.74, 6) is -1.17. The second kappa shape index (κ2) is 4.18. The molecule has 5 heteroatoms. The van der Waals surface area contributed by atoms with E-state index >= 15 is 0 Å². The summed E-state index contributed by atoms with van der Waals surface area (Å²) in [5.41, 5.74) is 3.62. The maximum Gasteiger partial charge on any atom is 0.317 e. The molecule has 0 radical (unpaired) electrons. The van der Waals surface area contributed by atoms with Gasteiger partial charge in [-0.3, -0.25) is 14.9 Å². The summed E-state index contributed by atoms with van der Waals surface area (Å²) in [6.07, 6.45) is 0. The van der Waals surface area contributed by atoms with Gasteiger partial charge < -0.3 is 10.4 Å². The molecule has 2 rings (SSSR count). The van der Waals surface area contributed by atoms with E-state index in [4.69, 9.17) is 5.11 Å². The van der Waals surface area contributed by atoms with E-state index in [9.17, 15) is 9.59 Å². The van der Waals surface area contributed by atoms with Crippen LogP contribution in [-0.2, 0) is 9.59 Å². The summed E-state index contributed by atoms with van der Waals surface area (Å²) in [6.45, 7) is 3.59. The van der Waals surface area contributed by atoms with Crippen molar-refractivity contribution in [3.8, 4) is 0 Å². The minimum absolute atomic E-state index is 0.196. The van der Waals surface area contributed by atoms with Crippen LogP contribution in [0.3, 0.4) is 0 Å². The van der Waals surface area contributed by atoms with E-state index in [1.807, 2.05) is 26.0 Å². The lowest BCUT2D eigenvalue weighted by Crippen LogP contribution is -2.32. The molecule has 1 aromatic rings. The highest BCUT2D eigenvalue weighted by Gasteiger charge is 2.32. The van der Waals surface area contributed by atoms with E-state index in [1.165, 1.54) is 0 Å². The van der Waals surface area contributed by atoms with Gasteiger partial charge in [-0.15, -0.1) is 0 Å². The standard InChI is InChI=1S/C12H14N2O3/c1-6-3-4-7(2)10-9(6)11(12(17)14-10)13-5-8(15)16/h3-4,11,13H,5H2,1-2H3,(H,14,17)(H,15,16). The third kappa shape index (κ3) is 2.01. The number of benzene rings is 1. The number of carbonyl (C=O) groups is 2. The number of hydrogen-bond acceptors (Lipinski definition) is 3. The van der Waals surface area contributed by atoms with Gasteiger partial charge in [0.25, 0.3) is 0 Å². The van der Waals surface area contributed by atoms with Crippen molar-refractivity contribution in [3.63, 3.8) is 0 Å². The predicted molar refractivity (Wildman–Crippen MR) is 62.9 cm³/mol. The van der Waals surface area contributed by atoms with Crippen molar-refractivity contribution in [1.29, 1.82) is 0 Å². The van der Waals surface area contributed by atoms with Crippen molar-refractivity contribution in [2.75, 3.05) is 11.9 Å². The van der Waals surface area contributed by atoms with Crippen LogP contribution in [0.1, 0.15) is 22.7 Å². The summed E-state index contributed by atoms with van der Waals surface area (Å²) in [4.78, 5) is 22.3. The van der Waals surface area contributed by atoms with Crippen molar-refractivity contribution in [3.05, 3.63) is 28.8 Å². The van der Waals surface area contributed by atoms with E-state index in [1.54, 1.807) is 0 Å². The molecule has 0 spiro atoms. The zero-order chi connectivity index (χ0) is 12.6. The quantitative estimate of drug-likeness (QED) is 0.728. The fourth-order valence-corrected chi connectivity index (χ4v) is 2.08. The Morgan fingerprint density at radius 1 is 1.41 bits per heavy atom. The van der Waals surface area contributed by atoms with Crippen LogP contribution in [0.5, 0.6) is 0 Å². The topological polar surface area (TPSA) is 78.4 Å². The molecule has 1 amide bonds. The van der Waals surface area contributed by atoms with Gasteiger partial charge in [-0.25, -0.2) is 0 Å². The first-order valence-corrected chi connectivity index (χ1v) is 5.37. The van der Waals surface area contributed by atoms with Crippen LogP contribution in [-0.4, -0.2) is 23.5 Å². The maximum atomic E-state index is 11.8. The number of amides is 1. The number of carboxylic acid groups (broad SMARTS) is 1. The van der Waals surface area contributed by atoms with Gasteiger partial charge in [0.2, 0.25) is 5.91 Å². The average molecular weight is 234 g/mol. The lowest BCUT2D eigenvalue weighted by atomic mass is 9.99. The first-order chi connectivity index (χ1) is 8.00. The Hall–Kier alpha value is -1.88. The molecule has 1 heterocycles. The molecule has 0 saturated heterocycles. The number of nitrogens with one attached hydrogen (secondary N) is 2. The number of rotatable bonds is 3. The second-order valence-corrected chi connectivity index (χ2v) is 4.18. The smallest absolute Gasteiger partial charge is 0.317 e. The van der Waals surface area contributed by atoms with Crippen LogP contribution in [0.25, 0.3) is 0 Å². The average Bonchev–Trinajstić information content (AvgIpc) is 2.59. The lowest BCUT2D eigenvalue weighted by molar-refractivity contribution is -0.136. The monoisotopic (exact) mass is 234 g/mol. The maximum absolute atomic E-state index is 11.8. The lowest BCUT2D eigenvalue weighted by Gasteiger charge is -2.12. The van der Waals surface area contributed by atoms with Gasteiger partial charge in [-0.1, -0.05) is 12.1 Å². The molecule has 1 aromatic carbocycles. The SMILES string of the molecule is Cc1ccc(C)c2c1NC(=O)C2NCC(=O)O. The molecule has 90 valence electrons. The number of carbonyl (C=O) groups excluding carboxylic acids is 1. The van der Waals surface area contributed by atoms with Gasteiger partial charge in [0, 0.05) is 11.3 Å². The molecule has 0 bridgehead atoms. The molecule has 1 atom stereocenters. The van der Waals surface area contributed by atoms with Crippen molar-refractivity contribution < 1.29 is 14.7 Å². The highest BCUT2D eigenvalue weighted by Crippen LogP contribution is 2.35. The highest BCUT2D eigenvalue weighted by molar-refractivity contribution is 6.04. The van der Waals surface area contributed by atoms with Gasteiger partial charge in [0.1, 0.15) is 6.04 Å². The molecule has 0 aromatic heterocycles. The van der Waals surface area contributed by atoms with Crippen LogP contribution in [0.15, 0.2) is 12.1 Å². The third-order valence-corrected chi connectivity index (χ3v) is 2.93. The third-order valence-electron chi connectivity index (χ3n) is 2.93. The van der Waals surface area contributed by atoms with Gasteiger partial charge in [0.05, 0.1) is 6.54 Å². The second-order valence-electron chi connectivity index (χ2n) is 4.18. The number of aryl methyl sites for hydroxylation is 2. The Bertz CT molecular complexity index is 497. The number of aliphatic carboxylic acids is 1. The molecular weight excluding hydrogens is 220 g/mol. The van der Waals surface area contributed by atoms with Crippen molar-refractivity contribution >= 4 is 17.6 Å². The summed E-state index contributed by atoms with van der Waals surface area (Å²) in [6, 6.07) is 3.30. The number of carboxylic acids is 1. The van der Waals surface area contributed by atoms with Crippen LogP contribution in [0.2, 0.25) is 0 Å². The molecule has 3 N–H and O–H groups in total. The largest absolute Gasteiger partial charge is 0.480 e. The number of fused-ring (bicyclic) bond motifs is 1. The fraction of sp³-hybridized carbons (Fsp3) is 0.333. The minimum Gasteiger partial charge on any atom is -0.480 e. The Balaban J connectivity index is 2.36. The summed E-state index contributed by atoms with van der Waals surface area (Å²) < 4.78 is 0. The summed E-state index contributed by atoms with van der Waals surface area (Å²) >= 11 is 0. The van der Waals surface area contributed by atoms with Crippen LogP contribution in [0.4, 0.5) is 5.69 Å². The van der Waals surface area contributed by atoms with E-state index in [0.717, 1.165) is 22.4 Å². The molecular formula is C12H14N2O3. The Morgan fingerprint density at radius 2 is 2.06 bits per heavy atom. The van der Waals surface area contributed by atoms with Gasteiger partial charge in [-0.05, 0) is 25.0 Å². The normalized spacial score (nSPS) is 17.8. The minimum atomic E-state index is -0.975. The van der Waals surface area contributed by atoms with Crippen LogP contribution < -0.4 is 10.6 Å². The Morgan fingerprint density at radius 3 is 2.71 bits per heavy atom. The zero-order valence-electron chi connectivity index (χ0n) is 9.70. The Kier molecular flexibility index (Phi) is 2.85. The Labute approximate surface area is 98.8 Å². The number of hydrogen-bond donors (Lipinski definition) is 3. The van der Waals surface area contributed by atoms with Crippen LogP contribution in [0, 0.1) is 13.8 Å². The van der Waals surface area contributed by atoms with E-state index in [0.29, 0.717) is 0 Å². The molecule has 0 aliphatic carbocycles. The summed E-state index contributed by atoms with van der Waals surface area (Å²) in [5, 5.41) is 14.2. The van der Waals surface area contributed by atoms with E-state index in [2.05, 4.69) is 10.6 Å². The molecule has 5 nitrogen and oxygen atoms in total. The molecule has 1 aliphatic heterocycles. The van der Waals surface area contributed by atoms with E-state index < -0.39 is 12.0 Å². The first kappa shape index (κ1) is 11.6. The van der Waals surface area contributed by atoms with Crippen molar-refractivity contribution in [1.82, 2.24) is 5.32 Å². The fourth-order valence-electron chi connectivity index (χ4n) is 2.08. The van der Waals surface area contributed by atoms with Crippen molar-refractivity contribution in [2.45, 2.75) is 19.9 Å². The zero-order valence-corrected chi connectivity index (χ0v) is 9.70. The highest BCUT2D eigenvalue weighted by atomic mass is 16.4.